The van der Waals surface area contributed by atoms with Crippen LogP contribution in [0, 0.1) is 5.92 Å². The van der Waals surface area contributed by atoms with E-state index in [1.165, 1.54) is 109 Å². The molecule has 2 unspecified atom stereocenters. The first-order valence-corrected chi connectivity index (χ1v) is 34.6. The molecule has 17 nitrogen and oxygen atoms in total. The van der Waals surface area contributed by atoms with Gasteiger partial charge in [-0.3, -0.25) is 37.3 Å². The van der Waals surface area contributed by atoms with Crippen molar-refractivity contribution in [2.24, 2.45) is 5.92 Å². The molecule has 0 aromatic carbocycles. The van der Waals surface area contributed by atoms with Crippen molar-refractivity contribution in [3.8, 4) is 0 Å². The SMILES string of the molecule is CCCCCCCCCCC(=O)OC[C@H](COP(=O)(O)OC[C@@H](O)COP(=O)(O)OC[C@@H](COC(=O)CCCCCCC)OC(=O)CCCCCCC)OC(=O)CCCCCCCCCCCCCCCCCCCCC(C)C. The number of carbonyl (C=O) groups is 4. The van der Waals surface area contributed by atoms with Gasteiger partial charge in [-0.05, 0) is 31.6 Å². The molecule has 0 heterocycles. The molecule has 79 heavy (non-hydrogen) atoms. The number of aliphatic hydroxyl groups excluding tert-OH is 1. The van der Waals surface area contributed by atoms with E-state index in [0.717, 1.165) is 109 Å². The molecule has 0 aromatic rings. The second-order valence-electron chi connectivity index (χ2n) is 22.2. The second-order valence-corrected chi connectivity index (χ2v) is 25.1. The Hall–Kier alpha value is -1.94. The lowest BCUT2D eigenvalue weighted by molar-refractivity contribution is -0.161. The molecule has 0 aromatic heterocycles. The molecule has 0 amide bonds. The van der Waals surface area contributed by atoms with Crippen LogP contribution < -0.4 is 0 Å². The second kappa shape index (κ2) is 54.0. The number of phosphoric acid groups is 2. The smallest absolute Gasteiger partial charge is 0.462 e. The molecule has 0 bridgehead atoms. The Balaban J connectivity index is 4.97. The minimum atomic E-state index is -4.93. The van der Waals surface area contributed by atoms with Crippen LogP contribution in [-0.2, 0) is 65.4 Å². The molecule has 19 heteroatoms. The average Bonchev–Trinajstić information content (AvgIpc) is 3.41. The maximum Gasteiger partial charge on any atom is 0.472 e. The highest BCUT2D eigenvalue weighted by Gasteiger charge is 2.30. The lowest BCUT2D eigenvalue weighted by Crippen LogP contribution is -2.30. The van der Waals surface area contributed by atoms with Crippen molar-refractivity contribution >= 4 is 39.5 Å². The Labute approximate surface area is 479 Å². The molecule has 0 aliphatic carbocycles. The Morgan fingerprint density at radius 2 is 0.582 bits per heavy atom. The van der Waals surface area contributed by atoms with Gasteiger partial charge in [-0.2, -0.15) is 0 Å². The Bertz CT molecular complexity index is 1550. The van der Waals surface area contributed by atoms with E-state index >= 15 is 0 Å². The quantitative estimate of drug-likeness (QED) is 0.0222. The fourth-order valence-corrected chi connectivity index (χ4v) is 10.5. The number of carbonyl (C=O) groups excluding carboxylic acids is 4. The zero-order chi connectivity index (χ0) is 58.5. The first-order valence-electron chi connectivity index (χ1n) is 31.6. The molecule has 5 atom stereocenters. The van der Waals surface area contributed by atoms with E-state index in [4.69, 9.17) is 37.0 Å². The van der Waals surface area contributed by atoms with Gasteiger partial charge in [0, 0.05) is 25.7 Å². The largest absolute Gasteiger partial charge is 0.472 e. The summed E-state index contributed by atoms with van der Waals surface area (Å²) in [7, 11) is -9.85. The number of phosphoric ester groups is 2. The van der Waals surface area contributed by atoms with Crippen LogP contribution in [0.1, 0.15) is 298 Å². The summed E-state index contributed by atoms with van der Waals surface area (Å²) in [6.07, 6.45) is 37.2. The molecular weight excluding hydrogens is 1050 g/mol. The topological polar surface area (TPSA) is 237 Å². The van der Waals surface area contributed by atoms with E-state index in [9.17, 15) is 43.2 Å². The van der Waals surface area contributed by atoms with E-state index in [2.05, 4.69) is 34.6 Å². The number of rotatable bonds is 60. The van der Waals surface area contributed by atoms with Gasteiger partial charge in [-0.15, -0.1) is 0 Å². The van der Waals surface area contributed by atoms with Gasteiger partial charge in [-0.1, -0.05) is 247 Å². The summed E-state index contributed by atoms with van der Waals surface area (Å²) in [6, 6.07) is 0. The number of hydrogen-bond acceptors (Lipinski definition) is 15. The Morgan fingerprint density at radius 3 is 0.861 bits per heavy atom. The van der Waals surface area contributed by atoms with Gasteiger partial charge in [0.15, 0.2) is 12.2 Å². The number of unbranched alkanes of at least 4 members (excludes halogenated alkanes) is 32. The third kappa shape index (κ3) is 55.0. The first-order chi connectivity index (χ1) is 38.0. The molecule has 0 saturated carbocycles. The third-order valence-electron chi connectivity index (χ3n) is 13.8. The maximum absolute atomic E-state index is 12.9. The highest BCUT2D eigenvalue weighted by molar-refractivity contribution is 7.47. The van der Waals surface area contributed by atoms with Crippen LogP contribution in [0.4, 0.5) is 0 Å². The van der Waals surface area contributed by atoms with Crippen molar-refractivity contribution in [3.05, 3.63) is 0 Å². The van der Waals surface area contributed by atoms with Crippen LogP contribution in [0.2, 0.25) is 0 Å². The van der Waals surface area contributed by atoms with E-state index in [1.54, 1.807) is 0 Å². The van der Waals surface area contributed by atoms with E-state index in [-0.39, 0.29) is 25.7 Å². The summed E-state index contributed by atoms with van der Waals surface area (Å²) in [4.78, 5) is 71.4. The number of hydrogen-bond donors (Lipinski definition) is 3. The Morgan fingerprint density at radius 1 is 0.342 bits per heavy atom. The lowest BCUT2D eigenvalue weighted by Gasteiger charge is -2.21. The van der Waals surface area contributed by atoms with E-state index < -0.39 is 97.5 Å². The van der Waals surface area contributed by atoms with Crippen LogP contribution in [0.5, 0.6) is 0 Å². The molecular formula is C60H116O17P2. The summed E-state index contributed by atoms with van der Waals surface area (Å²) < 4.78 is 67.3. The summed E-state index contributed by atoms with van der Waals surface area (Å²) in [6.45, 7) is 6.99. The zero-order valence-electron chi connectivity index (χ0n) is 50.5. The monoisotopic (exact) mass is 1170 g/mol. The number of aliphatic hydroxyl groups is 1. The highest BCUT2D eigenvalue weighted by Crippen LogP contribution is 2.45. The average molecular weight is 1170 g/mol. The van der Waals surface area contributed by atoms with Crippen molar-refractivity contribution in [1.29, 1.82) is 0 Å². The fourth-order valence-electron chi connectivity index (χ4n) is 8.88. The van der Waals surface area contributed by atoms with E-state index in [1.807, 2.05) is 0 Å². The van der Waals surface area contributed by atoms with E-state index in [0.29, 0.717) is 25.7 Å². The van der Waals surface area contributed by atoms with Crippen molar-refractivity contribution < 1.29 is 80.2 Å². The minimum Gasteiger partial charge on any atom is -0.462 e. The molecule has 0 aliphatic heterocycles. The third-order valence-corrected chi connectivity index (χ3v) is 15.7. The first kappa shape index (κ1) is 77.1. The van der Waals surface area contributed by atoms with Crippen molar-refractivity contribution in [3.63, 3.8) is 0 Å². The maximum atomic E-state index is 12.9. The molecule has 0 saturated heterocycles. The zero-order valence-corrected chi connectivity index (χ0v) is 52.3. The minimum absolute atomic E-state index is 0.0988. The van der Waals surface area contributed by atoms with Crippen LogP contribution >= 0.6 is 15.6 Å². The molecule has 0 spiro atoms. The molecule has 3 N–H and O–H groups in total. The van der Waals surface area contributed by atoms with Gasteiger partial charge in [0.1, 0.15) is 19.3 Å². The molecule has 468 valence electrons. The van der Waals surface area contributed by atoms with Gasteiger partial charge in [0.25, 0.3) is 0 Å². The normalized spacial score (nSPS) is 14.3. The molecule has 0 aliphatic rings. The van der Waals surface area contributed by atoms with Crippen molar-refractivity contribution in [2.75, 3.05) is 39.6 Å². The summed E-state index contributed by atoms with van der Waals surface area (Å²) >= 11 is 0. The van der Waals surface area contributed by atoms with Gasteiger partial charge < -0.3 is 33.8 Å². The van der Waals surface area contributed by atoms with Crippen molar-refractivity contribution in [2.45, 2.75) is 316 Å². The van der Waals surface area contributed by atoms with Gasteiger partial charge >= 0.3 is 39.5 Å². The standard InChI is InChI=1S/C60H116O17P2/c1-6-9-12-15-16-30-35-39-44-58(63)71-50-56(77-60(65)46-41-36-31-28-26-24-22-20-18-17-19-21-23-25-27-29-34-37-42-53(4)5)52-75-79(68,69)73-48-54(61)47-72-78(66,67)74-51-55(76-59(64)45-40-33-14-11-8-3)49-70-57(62)43-38-32-13-10-7-2/h53-56,61H,6-52H2,1-5H3,(H,66,67)(H,68,69)/t54-,55+,56+/m0/s1. The predicted molar refractivity (Wildman–Crippen MR) is 312 cm³/mol. The van der Waals surface area contributed by atoms with Gasteiger partial charge in [-0.25, -0.2) is 9.13 Å². The van der Waals surface area contributed by atoms with Crippen LogP contribution in [0.25, 0.3) is 0 Å². The van der Waals surface area contributed by atoms with Crippen LogP contribution in [-0.4, -0.2) is 96.7 Å². The van der Waals surface area contributed by atoms with Crippen molar-refractivity contribution in [1.82, 2.24) is 0 Å². The summed E-state index contributed by atoms with van der Waals surface area (Å²) in [5.41, 5.74) is 0. The predicted octanol–water partition coefficient (Wildman–Crippen LogP) is 16.2. The highest BCUT2D eigenvalue weighted by atomic mass is 31.2. The molecule has 0 fully saturated rings. The summed E-state index contributed by atoms with van der Waals surface area (Å²) in [5.74, 6) is -1.34. The van der Waals surface area contributed by atoms with Gasteiger partial charge in [0.2, 0.25) is 0 Å². The van der Waals surface area contributed by atoms with Crippen LogP contribution in [0.3, 0.4) is 0 Å². The Kier molecular flexibility index (Phi) is 52.7. The molecule has 0 rings (SSSR count). The van der Waals surface area contributed by atoms with Gasteiger partial charge in [0.05, 0.1) is 26.4 Å². The van der Waals surface area contributed by atoms with Crippen LogP contribution in [0.15, 0.2) is 0 Å². The summed E-state index contributed by atoms with van der Waals surface area (Å²) in [5, 5.41) is 10.4. The number of esters is 4. The number of ether oxygens (including phenoxy) is 4. The lowest BCUT2D eigenvalue weighted by atomic mass is 10.0. The molecule has 0 radical (unpaired) electrons. The fraction of sp³-hybridized carbons (Fsp3) is 0.933.